The van der Waals surface area contributed by atoms with Crippen LogP contribution in [0.25, 0.3) is 6.08 Å². The normalized spacial score (nSPS) is 14.9. The van der Waals surface area contributed by atoms with Crippen LogP contribution in [-0.2, 0) is 16.0 Å². The van der Waals surface area contributed by atoms with Crippen LogP contribution in [0.5, 0.6) is 5.75 Å². The van der Waals surface area contributed by atoms with Gasteiger partial charge in [-0.25, -0.2) is 9.69 Å². The molecule has 0 atom stereocenters. The maximum absolute atomic E-state index is 12.7. The molecule has 1 fully saturated rings. The second-order valence-electron chi connectivity index (χ2n) is 7.29. The van der Waals surface area contributed by atoms with Crippen LogP contribution in [0.1, 0.15) is 31.9 Å². The summed E-state index contributed by atoms with van der Waals surface area (Å²) in [5.74, 6) is -0.310. The Kier molecular flexibility index (Phi) is 7.12. The Balaban J connectivity index is 1.70. The van der Waals surface area contributed by atoms with Gasteiger partial charge in [-0.2, -0.15) is 0 Å². The van der Waals surface area contributed by atoms with Gasteiger partial charge in [-0.15, -0.1) is 0 Å². The van der Waals surface area contributed by atoms with Gasteiger partial charge in [0.1, 0.15) is 18.0 Å². The van der Waals surface area contributed by atoms with E-state index in [0.29, 0.717) is 17.0 Å². The lowest BCUT2D eigenvalue weighted by Gasteiger charge is -2.13. The largest absolute Gasteiger partial charge is 0.490 e. The van der Waals surface area contributed by atoms with Crippen molar-refractivity contribution < 1.29 is 19.1 Å². The highest BCUT2D eigenvalue weighted by Crippen LogP contribution is 2.28. The number of carbonyl (C=O) groups is 3. The third-order valence-electron chi connectivity index (χ3n) is 4.57. The molecule has 31 heavy (non-hydrogen) atoms. The van der Waals surface area contributed by atoms with E-state index in [1.807, 2.05) is 39.0 Å². The number of ether oxygens (including phenoxy) is 1. The first-order valence-corrected chi connectivity index (χ1v) is 10.8. The van der Waals surface area contributed by atoms with Crippen LogP contribution in [-0.4, -0.2) is 35.4 Å². The predicted octanol–water partition coefficient (Wildman–Crippen LogP) is 4.33. The molecule has 1 saturated heterocycles. The number of nitrogens with one attached hydrogen (secondary N) is 2. The van der Waals surface area contributed by atoms with Crippen LogP contribution in [0.2, 0.25) is 0 Å². The quantitative estimate of drug-likeness (QED) is 0.451. The number of amides is 4. The molecule has 1 aliphatic rings. The number of rotatable bonds is 7. The average Bonchev–Trinajstić information content (AvgIpc) is 2.97. The molecule has 1 heterocycles. The molecule has 162 valence electrons. The van der Waals surface area contributed by atoms with E-state index in [9.17, 15) is 14.4 Å². The summed E-state index contributed by atoms with van der Waals surface area (Å²) in [5, 5.41) is 5.30. The highest BCUT2D eigenvalue weighted by atomic mass is 79.9. The molecule has 0 aromatic heterocycles. The molecule has 0 spiro atoms. The van der Waals surface area contributed by atoms with Crippen molar-refractivity contribution >= 4 is 45.5 Å². The number of para-hydroxylation sites is 1. The molecule has 3 rings (SSSR count). The van der Waals surface area contributed by atoms with E-state index in [4.69, 9.17) is 4.74 Å². The molecule has 0 unspecified atom stereocenters. The fourth-order valence-electron chi connectivity index (χ4n) is 3.12. The summed E-state index contributed by atoms with van der Waals surface area (Å²) in [5.41, 5.74) is 2.46. The van der Waals surface area contributed by atoms with Crippen LogP contribution in [0, 0.1) is 0 Å². The lowest BCUT2D eigenvalue weighted by Crippen LogP contribution is -2.38. The Hall–Kier alpha value is -3.13. The van der Waals surface area contributed by atoms with Gasteiger partial charge in [0.05, 0.1) is 10.6 Å². The Morgan fingerprint density at radius 1 is 1.23 bits per heavy atom. The minimum atomic E-state index is -0.631. The summed E-state index contributed by atoms with van der Waals surface area (Å²) in [6.45, 7) is 5.48. The predicted molar refractivity (Wildman–Crippen MR) is 123 cm³/mol. The van der Waals surface area contributed by atoms with Gasteiger partial charge >= 0.3 is 6.03 Å². The van der Waals surface area contributed by atoms with Crippen LogP contribution in [0.3, 0.4) is 0 Å². The van der Waals surface area contributed by atoms with Gasteiger partial charge in [0.2, 0.25) is 5.91 Å². The molecule has 8 heteroatoms. The minimum absolute atomic E-state index is 0.0280. The lowest BCUT2D eigenvalue weighted by atomic mass is 10.1. The van der Waals surface area contributed by atoms with Gasteiger partial charge in [0.15, 0.2) is 0 Å². The van der Waals surface area contributed by atoms with Crippen LogP contribution >= 0.6 is 15.9 Å². The Morgan fingerprint density at radius 3 is 2.65 bits per heavy atom. The van der Waals surface area contributed by atoms with E-state index in [0.717, 1.165) is 21.4 Å². The Bertz CT molecular complexity index is 1050. The number of nitrogens with zero attached hydrogens (tertiary/aromatic N) is 1. The number of benzene rings is 2. The summed E-state index contributed by atoms with van der Waals surface area (Å²) in [7, 11) is 0. The number of imide groups is 1. The smallest absolute Gasteiger partial charge is 0.329 e. The SMILES string of the molecule is CCc1ccccc1NC(=O)CN1C(=O)N/C(=C/c2ccc(OC(C)C)c(Br)c2)C1=O. The van der Waals surface area contributed by atoms with Crippen molar-refractivity contribution in [1.82, 2.24) is 10.2 Å². The molecule has 1 aliphatic heterocycles. The van der Waals surface area contributed by atoms with Crippen molar-refractivity contribution in [1.29, 1.82) is 0 Å². The van der Waals surface area contributed by atoms with Gasteiger partial charge in [-0.3, -0.25) is 9.59 Å². The van der Waals surface area contributed by atoms with Gasteiger partial charge in [0, 0.05) is 5.69 Å². The van der Waals surface area contributed by atoms with Crippen molar-refractivity contribution in [2.24, 2.45) is 0 Å². The zero-order chi connectivity index (χ0) is 22.5. The third-order valence-corrected chi connectivity index (χ3v) is 5.19. The van der Waals surface area contributed by atoms with Gasteiger partial charge < -0.3 is 15.4 Å². The number of carbonyl (C=O) groups excluding carboxylic acids is 3. The summed E-state index contributed by atoms with van der Waals surface area (Å²) in [4.78, 5) is 38.3. The number of hydrogen-bond acceptors (Lipinski definition) is 4. The van der Waals surface area contributed by atoms with E-state index in [-0.39, 0.29) is 18.3 Å². The molecule has 0 radical (unpaired) electrons. The van der Waals surface area contributed by atoms with E-state index in [2.05, 4.69) is 26.6 Å². The fraction of sp³-hybridized carbons (Fsp3) is 0.261. The monoisotopic (exact) mass is 485 g/mol. The van der Waals surface area contributed by atoms with E-state index in [1.54, 1.807) is 30.3 Å². The number of aryl methyl sites for hydroxylation is 1. The summed E-state index contributed by atoms with van der Waals surface area (Å²) < 4.78 is 6.41. The van der Waals surface area contributed by atoms with Gasteiger partial charge in [0.25, 0.3) is 5.91 Å². The first kappa shape index (κ1) is 22.6. The number of anilines is 1. The van der Waals surface area contributed by atoms with Crippen LogP contribution < -0.4 is 15.4 Å². The highest BCUT2D eigenvalue weighted by Gasteiger charge is 2.35. The Morgan fingerprint density at radius 2 is 1.97 bits per heavy atom. The average molecular weight is 486 g/mol. The standard InChI is InChI=1S/C23H24BrN3O4/c1-4-16-7-5-6-8-18(16)25-21(28)13-27-22(29)19(26-23(27)30)12-15-9-10-20(17(24)11-15)31-14(2)3/h5-12,14H,4,13H2,1-3H3,(H,25,28)(H,26,30)/b19-12+. The maximum atomic E-state index is 12.7. The molecule has 0 saturated carbocycles. The molecular weight excluding hydrogens is 462 g/mol. The third kappa shape index (κ3) is 5.52. The number of urea groups is 1. The topological polar surface area (TPSA) is 87.7 Å². The number of hydrogen-bond donors (Lipinski definition) is 2. The summed E-state index contributed by atoms with van der Waals surface area (Å²) in [6.07, 6.45) is 2.34. The van der Waals surface area contributed by atoms with E-state index < -0.39 is 17.8 Å². The molecule has 4 amide bonds. The minimum Gasteiger partial charge on any atom is -0.490 e. The van der Waals surface area contributed by atoms with E-state index in [1.165, 1.54) is 0 Å². The first-order valence-electron chi connectivity index (χ1n) is 9.97. The molecule has 2 aromatic carbocycles. The van der Waals surface area contributed by atoms with Gasteiger partial charge in [-0.1, -0.05) is 31.2 Å². The van der Waals surface area contributed by atoms with Gasteiger partial charge in [-0.05, 0) is 71.6 Å². The van der Waals surface area contributed by atoms with Crippen LogP contribution in [0.4, 0.5) is 10.5 Å². The maximum Gasteiger partial charge on any atom is 0.329 e. The Labute approximate surface area is 189 Å². The molecule has 0 bridgehead atoms. The van der Waals surface area contributed by atoms with Crippen molar-refractivity contribution in [2.45, 2.75) is 33.3 Å². The molecule has 7 nitrogen and oxygen atoms in total. The molecular formula is C23H24BrN3O4. The van der Waals surface area contributed by atoms with Crippen molar-refractivity contribution in [2.75, 3.05) is 11.9 Å². The van der Waals surface area contributed by atoms with Crippen molar-refractivity contribution in [3.8, 4) is 5.75 Å². The van der Waals surface area contributed by atoms with Crippen molar-refractivity contribution in [3.63, 3.8) is 0 Å². The lowest BCUT2D eigenvalue weighted by molar-refractivity contribution is -0.127. The second kappa shape index (κ2) is 9.78. The summed E-state index contributed by atoms with van der Waals surface area (Å²) in [6, 6.07) is 12.1. The molecule has 2 N–H and O–H groups in total. The zero-order valence-electron chi connectivity index (χ0n) is 17.6. The van der Waals surface area contributed by atoms with E-state index >= 15 is 0 Å². The zero-order valence-corrected chi connectivity index (χ0v) is 19.2. The highest BCUT2D eigenvalue weighted by molar-refractivity contribution is 9.10. The molecule has 2 aromatic rings. The number of halogens is 1. The molecule has 0 aliphatic carbocycles. The summed E-state index contributed by atoms with van der Waals surface area (Å²) >= 11 is 3.45. The second-order valence-corrected chi connectivity index (χ2v) is 8.15. The van der Waals surface area contributed by atoms with Crippen LogP contribution in [0.15, 0.2) is 52.6 Å². The fourth-order valence-corrected chi connectivity index (χ4v) is 3.61. The van der Waals surface area contributed by atoms with Crippen molar-refractivity contribution in [3.05, 3.63) is 63.8 Å². The first-order chi connectivity index (χ1) is 14.8.